The van der Waals surface area contributed by atoms with E-state index in [0.29, 0.717) is 0 Å². The second-order valence-corrected chi connectivity index (χ2v) is 1.47. The average molecular weight is 381 g/mol. The van der Waals surface area contributed by atoms with Crippen LogP contribution in [0.3, 0.4) is 0 Å². The Hall–Kier alpha value is 2.19. The Morgan fingerprint density at radius 1 is 1.09 bits per heavy atom. The molecule has 0 aliphatic heterocycles. The predicted molar refractivity (Wildman–Crippen MR) is 27.4 cm³/mol. The number of hydrogen-bond donors (Lipinski definition) is 0. The Kier molecular flexibility index (Phi) is 25.7. The molecular formula is CBaO7SSr. The van der Waals surface area contributed by atoms with Crippen LogP contribution in [0.25, 0.3) is 0 Å². The molecule has 11 heavy (non-hydrogen) atoms. The number of carbonyl (C=O) groups excluding carboxylic acids is 1. The predicted octanol–water partition coefficient (Wildman–Crippen LogP) is -4.55. The van der Waals surface area contributed by atoms with Crippen molar-refractivity contribution in [3.05, 3.63) is 0 Å². The number of carbonyl (C=O) groups is 1. The van der Waals surface area contributed by atoms with Crippen molar-refractivity contribution in [1.29, 1.82) is 0 Å². The van der Waals surface area contributed by atoms with Crippen molar-refractivity contribution in [3.63, 3.8) is 0 Å². The molecule has 0 spiro atoms. The van der Waals surface area contributed by atoms with Gasteiger partial charge in [0.2, 0.25) is 0 Å². The largest absolute Gasteiger partial charge is 2.00 e. The number of hydrogen-bond acceptors (Lipinski definition) is 7. The van der Waals surface area contributed by atoms with Gasteiger partial charge >= 0.3 is 94.4 Å². The molecule has 0 aromatic heterocycles. The Morgan fingerprint density at radius 2 is 1.09 bits per heavy atom. The minimum Gasteiger partial charge on any atom is -0.759 e. The van der Waals surface area contributed by atoms with Gasteiger partial charge in [-0.3, -0.25) is 8.42 Å². The molecule has 0 unspecified atom stereocenters. The smallest absolute Gasteiger partial charge is 0.759 e. The molecule has 0 amide bonds. The Morgan fingerprint density at radius 3 is 1.09 bits per heavy atom. The van der Waals surface area contributed by atoms with Gasteiger partial charge in [0.1, 0.15) is 0 Å². The summed E-state index contributed by atoms with van der Waals surface area (Å²) in [4.78, 5) is 8.33. The third-order valence-corrected chi connectivity index (χ3v) is 0. The number of carboxylic acid groups (broad SMARTS) is 2. The van der Waals surface area contributed by atoms with E-state index in [2.05, 4.69) is 0 Å². The normalized spacial score (nSPS) is 7.45. The van der Waals surface area contributed by atoms with Crippen LogP contribution in [-0.2, 0) is 10.4 Å². The molecule has 0 aliphatic rings. The van der Waals surface area contributed by atoms with Crippen LogP contribution >= 0.6 is 0 Å². The molecule has 0 aromatic carbocycles. The average Bonchev–Trinajstić information content (AvgIpc) is 1.19. The van der Waals surface area contributed by atoms with Crippen LogP contribution in [0, 0.1) is 0 Å². The van der Waals surface area contributed by atoms with Crippen molar-refractivity contribution in [2.75, 3.05) is 0 Å². The molecule has 0 aromatic rings. The zero-order chi connectivity index (χ0) is 8.08. The molecule has 56 valence electrons. The SMILES string of the molecule is O=C([O-])[O-].O=S(=O)([O-])[O-].[Ba+2].[Sr+2]. The molecule has 0 N–H and O–H groups in total. The van der Waals surface area contributed by atoms with Crippen molar-refractivity contribution in [1.82, 2.24) is 0 Å². The summed E-state index contributed by atoms with van der Waals surface area (Å²) >= 11 is 0. The van der Waals surface area contributed by atoms with E-state index in [1.54, 1.807) is 0 Å². The fourth-order valence-corrected chi connectivity index (χ4v) is 0. The second kappa shape index (κ2) is 12.2. The summed E-state index contributed by atoms with van der Waals surface area (Å²) in [5.74, 6) is 0. The fourth-order valence-electron chi connectivity index (χ4n) is 0. The Bertz CT molecular complexity index is 161. The van der Waals surface area contributed by atoms with Crippen molar-refractivity contribution >= 4 is 111 Å². The Balaban J connectivity index is -0.0000000383. The molecule has 0 aliphatic carbocycles. The van der Waals surface area contributed by atoms with E-state index in [1.165, 1.54) is 0 Å². The van der Waals surface area contributed by atoms with Gasteiger partial charge in [0.05, 0.1) is 0 Å². The summed E-state index contributed by atoms with van der Waals surface area (Å²) in [6, 6.07) is 0. The molecule has 0 rings (SSSR count). The first-order valence-electron chi connectivity index (χ1n) is 1.28. The summed E-state index contributed by atoms with van der Waals surface area (Å²) in [6.07, 6.45) is -2.33. The molecule has 0 bridgehead atoms. The minimum atomic E-state index is -5.17. The van der Waals surface area contributed by atoms with E-state index < -0.39 is 16.6 Å². The van der Waals surface area contributed by atoms with Crippen LogP contribution in [0.1, 0.15) is 0 Å². The van der Waals surface area contributed by atoms with E-state index in [4.69, 9.17) is 32.5 Å². The minimum absolute atomic E-state index is 0. The third kappa shape index (κ3) is 264. The summed E-state index contributed by atoms with van der Waals surface area (Å²) in [6.45, 7) is 0. The van der Waals surface area contributed by atoms with Gasteiger partial charge in [0.15, 0.2) is 0 Å². The van der Waals surface area contributed by atoms with Gasteiger partial charge in [0.25, 0.3) is 0 Å². The second-order valence-electron chi connectivity index (χ2n) is 0.658. The standard InChI is InChI=1S/CH2O3.Ba.H2O4S.Sr/c2-1(3)4;;1-5(2,3)4;/h(H2,2,3,4);;(H2,1,2,3,4);/q;+2;;+2/p-4. The van der Waals surface area contributed by atoms with Crippen molar-refractivity contribution in [2.45, 2.75) is 0 Å². The van der Waals surface area contributed by atoms with Gasteiger partial charge in [-0.2, -0.15) is 0 Å². The van der Waals surface area contributed by atoms with E-state index >= 15 is 0 Å². The molecule has 7 nitrogen and oxygen atoms in total. The van der Waals surface area contributed by atoms with Gasteiger partial charge in [-0.15, -0.1) is 0 Å². The van der Waals surface area contributed by atoms with Crippen molar-refractivity contribution in [3.8, 4) is 0 Å². The summed E-state index contributed by atoms with van der Waals surface area (Å²) in [5, 5.41) is 16.7. The first-order valence-corrected chi connectivity index (χ1v) is 2.61. The van der Waals surface area contributed by atoms with E-state index in [0.717, 1.165) is 0 Å². The number of rotatable bonds is 0. The van der Waals surface area contributed by atoms with Crippen LogP contribution < -0.4 is 10.2 Å². The maximum absolute atomic E-state index is 8.52. The maximum atomic E-state index is 8.52. The molecule has 0 saturated carbocycles. The topological polar surface area (TPSA) is 143 Å². The van der Waals surface area contributed by atoms with Crippen LogP contribution in [0.4, 0.5) is 4.79 Å². The molecule has 0 saturated heterocycles. The summed E-state index contributed by atoms with van der Waals surface area (Å²) in [7, 11) is -5.17. The summed E-state index contributed by atoms with van der Waals surface area (Å²) < 4.78 is 34.1. The fraction of sp³-hybridized carbons (Fsp3) is 0. The Labute approximate surface area is 140 Å². The van der Waals surface area contributed by atoms with E-state index in [-0.39, 0.29) is 94.4 Å². The third-order valence-electron chi connectivity index (χ3n) is 0. The van der Waals surface area contributed by atoms with Gasteiger partial charge in [-0.05, 0) is 6.16 Å². The molecular weight excluding hydrogens is 381 g/mol. The van der Waals surface area contributed by atoms with Crippen LogP contribution in [0.5, 0.6) is 0 Å². The zero-order valence-corrected chi connectivity index (χ0v) is 13.9. The molecule has 10 heteroatoms. The van der Waals surface area contributed by atoms with Gasteiger partial charge < -0.3 is 24.1 Å². The van der Waals surface area contributed by atoms with Gasteiger partial charge in [-0.1, -0.05) is 0 Å². The van der Waals surface area contributed by atoms with Crippen LogP contribution in [0.2, 0.25) is 0 Å². The molecule has 0 heterocycles. The van der Waals surface area contributed by atoms with Gasteiger partial charge in [0, 0.05) is 10.4 Å². The van der Waals surface area contributed by atoms with E-state index in [1.807, 2.05) is 0 Å². The zero-order valence-electron chi connectivity index (χ0n) is 5.18. The molecule has 0 fully saturated rings. The van der Waals surface area contributed by atoms with Crippen LogP contribution in [0.15, 0.2) is 0 Å². The van der Waals surface area contributed by atoms with Crippen LogP contribution in [-0.4, -0.2) is 118 Å². The molecule has 0 radical (unpaired) electrons. The van der Waals surface area contributed by atoms with Crippen molar-refractivity contribution in [2.24, 2.45) is 0 Å². The van der Waals surface area contributed by atoms with Crippen molar-refractivity contribution < 1.29 is 32.5 Å². The monoisotopic (exact) mass is 382 g/mol. The van der Waals surface area contributed by atoms with Gasteiger partial charge in [-0.25, -0.2) is 0 Å². The van der Waals surface area contributed by atoms with E-state index in [9.17, 15) is 0 Å². The summed E-state index contributed by atoms with van der Waals surface area (Å²) in [5.41, 5.74) is 0. The molecule has 0 atom stereocenters. The first kappa shape index (κ1) is 23.2. The maximum Gasteiger partial charge on any atom is 2.00 e. The first-order chi connectivity index (χ1) is 3.73. The quantitative estimate of drug-likeness (QED) is 0.234.